The molecule has 0 radical (unpaired) electrons. The molecule has 1 rings (SSSR count). The molecule has 4 N–H and O–H groups in total. The topological polar surface area (TPSA) is 79.1 Å². The molecule has 0 aliphatic heterocycles. The first kappa shape index (κ1) is 9.54. The van der Waals surface area contributed by atoms with E-state index in [0.29, 0.717) is 12.0 Å². The molecule has 70 valence electrons. The Labute approximate surface area is 75.7 Å². The molecule has 0 aliphatic rings. The Morgan fingerprint density at radius 2 is 2.38 bits per heavy atom. The van der Waals surface area contributed by atoms with Crippen molar-refractivity contribution in [1.82, 2.24) is 4.98 Å². The highest BCUT2D eigenvalue weighted by molar-refractivity contribution is 5.22. The van der Waals surface area contributed by atoms with E-state index < -0.39 is 0 Å². The van der Waals surface area contributed by atoms with Gasteiger partial charge in [0.1, 0.15) is 0 Å². The summed E-state index contributed by atoms with van der Waals surface area (Å²) in [5, 5.41) is 9.07. The average molecular weight is 180 g/mol. The lowest BCUT2D eigenvalue weighted by Crippen LogP contribution is -2.13. The van der Waals surface area contributed by atoms with Gasteiger partial charge in [-0.3, -0.25) is 9.78 Å². The molecule has 0 fully saturated rings. The summed E-state index contributed by atoms with van der Waals surface area (Å²) in [6, 6.07) is 2.52. The van der Waals surface area contributed by atoms with Crippen LogP contribution in [-0.4, -0.2) is 10.1 Å². The van der Waals surface area contributed by atoms with Gasteiger partial charge in [-0.25, -0.2) is 0 Å². The third kappa shape index (κ3) is 2.45. The molecule has 1 aromatic heterocycles. The summed E-state index contributed by atoms with van der Waals surface area (Å²) in [6.07, 6.45) is 2.24. The molecule has 13 heavy (non-hydrogen) atoms. The molecule has 0 bridgehead atoms. The fraction of sp³-hybridized carbons (Fsp3) is 0.222. The quantitative estimate of drug-likeness (QED) is 0.598. The van der Waals surface area contributed by atoms with Crippen molar-refractivity contribution in [2.75, 3.05) is 0 Å². The van der Waals surface area contributed by atoms with E-state index in [2.05, 4.69) is 11.6 Å². The van der Waals surface area contributed by atoms with Gasteiger partial charge in [-0.2, -0.15) is 0 Å². The standard InChI is InChI=1S/C9H12N2O2/c1-2-3-7(10)6-4-8(12)11-9(13)5-6/h2,4-5,7H,1,3,10H2,(H2,11,12,13)/t7-/m1/s1. The van der Waals surface area contributed by atoms with Crippen LogP contribution >= 0.6 is 0 Å². The van der Waals surface area contributed by atoms with Crippen LogP contribution in [0.15, 0.2) is 29.6 Å². The van der Waals surface area contributed by atoms with Crippen molar-refractivity contribution in [3.05, 3.63) is 40.7 Å². The Morgan fingerprint density at radius 1 is 1.69 bits per heavy atom. The second-order valence-electron chi connectivity index (χ2n) is 2.79. The molecule has 4 heteroatoms. The molecule has 0 saturated carbocycles. The Balaban J connectivity index is 3.00. The minimum atomic E-state index is -0.352. The van der Waals surface area contributed by atoms with Crippen molar-refractivity contribution in [2.24, 2.45) is 5.73 Å². The van der Waals surface area contributed by atoms with Crippen LogP contribution in [-0.2, 0) is 0 Å². The van der Waals surface area contributed by atoms with Gasteiger partial charge >= 0.3 is 0 Å². The molecular formula is C9H12N2O2. The third-order valence-electron chi connectivity index (χ3n) is 1.70. The number of hydrogen-bond acceptors (Lipinski definition) is 3. The monoisotopic (exact) mass is 180 g/mol. The molecule has 4 nitrogen and oxygen atoms in total. The number of pyridine rings is 1. The predicted molar refractivity (Wildman–Crippen MR) is 50.5 cm³/mol. The highest BCUT2D eigenvalue weighted by atomic mass is 16.3. The van der Waals surface area contributed by atoms with Gasteiger partial charge in [0.15, 0.2) is 5.88 Å². The lowest BCUT2D eigenvalue weighted by atomic mass is 10.1. The van der Waals surface area contributed by atoms with Crippen molar-refractivity contribution in [3.63, 3.8) is 0 Å². The molecule has 0 amide bonds. The van der Waals surface area contributed by atoms with Crippen molar-refractivity contribution >= 4 is 0 Å². The van der Waals surface area contributed by atoms with E-state index in [0.717, 1.165) is 0 Å². The first-order valence-corrected chi connectivity index (χ1v) is 3.93. The predicted octanol–water partition coefficient (Wildman–Crippen LogP) is 0.656. The number of nitrogens with two attached hydrogens (primary N) is 1. The number of aromatic amines is 1. The molecule has 0 aromatic carbocycles. The van der Waals surface area contributed by atoms with Crippen LogP contribution in [0, 0.1) is 0 Å². The van der Waals surface area contributed by atoms with Crippen LogP contribution in [0.5, 0.6) is 5.88 Å². The van der Waals surface area contributed by atoms with Gasteiger partial charge in [0.25, 0.3) is 5.56 Å². The summed E-state index contributed by atoms with van der Waals surface area (Å²) in [5.41, 5.74) is 5.97. The smallest absolute Gasteiger partial charge is 0.250 e. The summed E-state index contributed by atoms with van der Waals surface area (Å²) >= 11 is 0. The van der Waals surface area contributed by atoms with Crippen LogP contribution in [0.25, 0.3) is 0 Å². The van der Waals surface area contributed by atoms with Gasteiger partial charge in [0.05, 0.1) is 0 Å². The SMILES string of the molecule is C=CC[C@@H](N)c1cc(O)[nH]c(=O)c1. The Morgan fingerprint density at radius 3 is 2.92 bits per heavy atom. The van der Waals surface area contributed by atoms with Crippen molar-refractivity contribution in [1.29, 1.82) is 0 Å². The normalized spacial score (nSPS) is 12.4. The Bertz CT molecular complexity index is 357. The van der Waals surface area contributed by atoms with Gasteiger partial charge < -0.3 is 10.8 Å². The highest BCUT2D eigenvalue weighted by Gasteiger charge is 2.05. The molecule has 1 atom stereocenters. The summed E-state index contributed by atoms with van der Waals surface area (Å²) in [5.74, 6) is -0.165. The van der Waals surface area contributed by atoms with Crippen molar-refractivity contribution in [2.45, 2.75) is 12.5 Å². The largest absolute Gasteiger partial charge is 0.495 e. The minimum absolute atomic E-state index is 0.165. The highest BCUT2D eigenvalue weighted by Crippen LogP contribution is 2.14. The van der Waals surface area contributed by atoms with Gasteiger partial charge in [-0.05, 0) is 12.0 Å². The van der Waals surface area contributed by atoms with Gasteiger partial charge in [0, 0.05) is 18.2 Å². The second-order valence-corrected chi connectivity index (χ2v) is 2.79. The molecule has 1 aromatic rings. The van der Waals surface area contributed by atoms with Gasteiger partial charge in [-0.15, -0.1) is 6.58 Å². The maximum absolute atomic E-state index is 10.9. The number of hydrogen-bond donors (Lipinski definition) is 3. The van der Waals surface area contributed by atoms with Crippen molar-refractivity contribution < 1.29 is 5.11 Å². The van der Waals surface area contributed by atoms with E-state index in [1.807, 2.05) is 0 Å². The Kier molecular flexibility index (Phi) is 2.87. The number of nitrogens with one attached hydrogen (secondary N) is 1. The zero-order valence-electron chi connectivity index (χ0n) is 7.16. The maximum atomic E-state index is 10.9. The van der Waals surface area contributed by atoms with Gasteiger partial charge in [-0.1, -0.05) is 6.08 Å². The molecule has 1 heterocycles. The lowest BCUT2D eigenvalue weighted by Gasteiger charge is -2.08. The first-order chi connectivity index (χ1) is 6.13. The summed E-state index contributed by atoms with van der Waals surface area (Å²) in [6.45, 7) is 3.54. The van der Waals surface area contributed by atoms with E-state index >= 15 is 0 Å². The number of rotatable bonds is 3. The fourth-order valence-corrected chi connectivity index (χ4v) is 1.08. The fourth-order valence-electron chi connectivity index (χ4n) is 1.08. The van der Waals surface area contributed by atoms with E-state index in [1.54, 1.807) is 6.08 Å². The summed E-state index contributed by atoms with van der Waals surface area (Å²) < 4.78 is 0. The van der Waals surface area contributed by atoms with Crippen molar-refractivity contribution in [3.8, 4) is 5.88 Å². The van der Waals surface area contributed by atoms with Gasteiger partial charge in [0.2, 0.25) is 0 Å². The third-order valence-corrected chi connectivity index (χ3v) is 1.70. The molecule has 0 aliphatic carbocycles. The van der Waals surface area contributed by atoms with Crippen LogP contribution in [0.4, 0.5) is 0 Å². The number of aromatic hydroxyl groups is 1. The average Bonchev–Trinajstić information content (AvgIpc) is 2.03. The lowest BCUT2D eigenvalue weighted by molar-refractivity contribution is 0.450. The maximum Gasteiger partial charge on any atom is 0.250 e. The molecule has 0 saturated heterocycles. The van der Waals surface area contributed by atoms with Crippen LogP contribution in [0.1, 0.15) is 18.0 Å². The molecule has 0 unspecified atom stereocenters. The van der Waals surface area contributed by atoms with E-state index in [9.17, 15) is 4.79 Å². The molecule has 0 spiro atoms. The van der Waals surface area contributed by atoms with Crippen LogP contribution in [0.2, 0.25) is 0 Å². The summed E-state index contributed by atoms with van der Waals surface area (Å²) in [7, 11) is 0. The van der Waals surface area contributed by atoms with E-state index in [-0.39, 0.29) is 17.5 Å². The Hall–Kier alpha value is -1.55. The zero-order valence-corrected chi connectivity index (χ0v) is 7.16. The number of H-pyrrole nitrogens is 1. The van der Waals surface area contributed by atoms with Crippen LogP contribution < -0.4 is 11.3 Å². The zero-order chi connectivity index (χ0) is 9.84. The molecular weight excluding hydrogens is 168 g/mol. The summed E-state index contributed by atoms with van der Waals surface area (Å²) in [4.78, 5) is 13.1. The minimum Gasteiger partial charge on any atom is -0.495 e. The second kappa shape index (κ2) is 3.91. The van der Waals surface area contributed by atoms with E-state index in [1.165, 1.54) is 12.1 Å². The van der Waals surface area contributed by atoms with Crippen LogP contribution in [0.3, 0.4) is 0 Å². The first-order valence-electron chi connectivity index (χ1n) is 3.93. The number of aromatic nitrogens is 1. The van der Waals surface area contributed by atoms with E-state index in [4.69, 9.17) is 10.8 Å².